The molecule has 1 aromatic heterocycles. The first-order valence-corrected chi connectivity index (χ1v) is 11.2. The number of piperidine rings is 1. The first-order chi connectivity index (χ1) is 11.5. The van der Waals surface area contributed by atoms with Gasteiger partial charge in [0, 0.05) is 25.6 Å². The molecule has 1 fully saturated rings. The summed E-state index contributed by atoms with van der Waals surface area (Å²) in [7, 11) is -3.41. The zero-order chi connectivity index (χ0) is 17.4. The summed E-state index contributed by atoms with van der Waals surface area (Å²) >= 11 is 1.22. The van der Waals surface area contributed by atoms with Crippen LogP contribution in [0.1, 0.15) is 58.3 Å². The highest BCUT2D eigenvalue weighted by Gasteiger charge is 2.26. The molecule has 0 saturated carbocycles. The quantitative estimate of drug-likeness (QED) is 0.676. The summed E-state index contributed by atoms with van der Waals surface area (Å²) in [6, 6.07) is 3.27. The first kappa shape index (κ1) is 19.4. The molecule has 0 aromatic carbocycles. The number of carbonyl (C=O) groups excluding carboxylic acids is 1. The van der Waals surface area contributed by atoms with Crippen LogP contribution in [0.5, 0.6) is 0 Å². The van der Waals surface area contributed by atoms with Gasteiger partial charge in [0.1, 0.15) is 4.21 Å². The van der Waals surface area contributed by atoms with E-state index in [-0.39, 0.29) is 11.9 Å². The zero-order valence-corrected chi connectivity index (χ0v) is 16.0. The Labute approximate surface area is 149 Å². The summed E-state index contributed by atoms with van der Waals surface area (Å²) in [5, 5.41) is 1.76. The van der Waals surface area contributed by atoms with Gasteiger partial charge in [0.2, 0.25) is 15.9 Å². The minimum atomic E-state index is -3.41. The smallest absolute Gasteiger partial charge is 0.250 e. The van der Waals surface area contributed by atoms with E-state index in [2.05, 4.69) is 11.6 Å². The van der Waals surface area contributed by atoms with Crippen molar-refractivity contribution in [3.05, 3.63) is 17.5 Å². The number of nitrogens with one attached hydrogen (secondary N) is 1. The molecule has 2 rings (SSSR count). The lowest BCUT2D eigenvalue weighted by atomic mass is 10.0. The van der Waals surface area contributed by atoms with E-state index in [0.29, 0.717) is 36.6 Å². The van der Waals surface area contributed by atoms with Crippen LogP contribution in [0.2, 0.25) is 0 Å². The second-order valence-electron chi connectivity index (χ2n) is 6.37. The van der Waals surface area contributed by atoms with Gasteiger partial charge < -0.3 is 4.90 Å². The molecule has 1 N–H and O–H groups in total. The van der Waals surface area contributed by atoms with E-state index in [0.717, 1.165) is 12.8 Å². The lowest BCUT2D eigenvalue weighted by Gasteiger charge is -2.32. The SMILES string of the molecule is CCCCCCCC(=O)N1CCC(NS(=O)(=O)c2cccs2)CC1. The second-order valence-corrected chi connectivity index (χ2v) is 9.26. The number of nitrogens with zero attached hydrogens (tertiary/aromatic N) is 1. The predicted molar refractivity (Wildman–Crippen MR) is 97.6 cm³/mol. The monoisotopic (exact) mass is 372 g/mol. The third-order valence-corrected chi connectivity index (χ3v) is 7.34. The van der Waals surface area contributed by atoms with Crippen LogP contribution in [-0.4, -0.2) is 38.4 Å². The third-order valence-electron chi connectivity index (χ3n) is 4.42. The highest BCUT2D eigenvalue weighted by Crippen LogP contribution is 2.19. The van der Waals surface area contributed by atoms with E-state index in [1.54, 1.807) is 17.5 Å². The van der Waals surface area contributed by atoms with Gasteiger partial charge in [-0.3, -0.25) is 4.79 Å². The van der Waals surface area contributed by atoms with Gasteiger partial charge in [0.25, 0.3) is 0 Å². The molecular weight excluding hydrogens is 344 g/mol. The maximum atomic E-state index is 12.2. The van der Waals surface area contributed by atoms with Crippen molar-refractivity contribution in [2.24, 2.45) is 0 Å². The van der Waals surface area contributed by atoms with Crippen LogP contribution in [0, 0.1) is 0 Å². The Balaban J connectivity index is 1.70. The van der Waals surface area contributed by atoms with Gasteiger partial charge in [0.15, 0.2) is 0 Å². The fourth-order valence-corrected chi connectivity index (χ4v) is 5.29. The predicted octanol–water partition coefficient (Wildman–Crippen LogP) is 3.38. The van der Waals surface area contributed by atoms with Gasteiger partial charge in [0.05, 0.1) is 0 Å². The average molecular weight is 373 g/mol. The Morgan fingerprint density at radius 1 is 1.25 bits per heavy atom. The molecule has 1 amide bonds. The summed E-state index contributed by atoms with van der Waals surface area (Å²) in [6.07, 6.45) is 7.73. The Morgan fingerprint density at radius 2 is 1.96 bits per heavy atom. The topological polar surface area (TPSA) is 66.5 Å². The van der Waals surface area contributed by atoms with Crippen molar-refractivity contribution in [1.29, 1.82) is 0 Å². The van der Waals surface area contributed by atoms with Gasteiger partial charge in [-0.2, -0.15) is 0 Å². The summed E-state index contributed by atoms with van der Waals surface area (Å²) < 4.78 is 27.6. The molecule has 1 aliphatic heterocycles. The zero-order valence-electron chi connectivity index (χ0n) is 14.4. The van der Waals surface area contributed by atoms with E-state index in [1.807, 2.05) is 4.90 Å². The largest absolute Gasteiger partial charge is 0.343 e. The Morgan fingerprint density at radius 3 is 2.58 bits per heavy atom. The lowest BCUT2D eigenvalue weighted by Crippen LogP contribution is -2.46. The number of hydrogen-bond donors (Lipinski definition) is 1. The average Bonchev–Trinajstić information content (AvgIpc) is 3.10. The van der Waals surface area contributed by atoms with Gasteiger partial charge in [-0.05, 0) is 30.7 Å². The maximum Gasteiger partial charge on any atom is 0.250 e. The number of hydrogen-bond acceptors (Lipinski definition) is 4. The van der Waals surface area contributed by atoms with E-state index >= 15 is 0 Å². The van der Waals surface area contributed by atoms with Crippen molar-refractivity contribution in [2.45, 2.75) is 68.5 Å². The van der Waals surface area contributed by atoms with E-state index in [9.17, 15) is 13.2 Å². The molecule has 1 saturated heterocycles. The minimum absolute atomic E-state index is 0.0781. The van der Waals surface area contributed by atoms with Crippen LogP contribution in [0.3, 0.4) is 0 Å². The number of rotatable bonds is 9. The molecule has 1 aliphatic rings. The van der Waals surface area contributed by atoms with Crippen molar-refractivity contribution < 1.29 is 13.2 Å². The lowest BCUT2D eigenvalue weighted by molar-refractivity contribution is -0.132. The fourth-order valence-electron chi connectivity index (χ4n) is 2.98. The van der Waals surface area contributed by atoms with Crippen LogP contribution in [0.15, 0.2) is 21.7 Å². The first-order valence-electron chi connectivity index (χ1n) is 8.86. The number of sulfonamides is 1. The number of carbonyl (C=O) groups is 1. The van der Waals surface area contributed by atoms with Crippen LogP contribution in [-0.2, 0) is 14.8 Å². The molecule has 0 aliphatic carbocycles. The highest BCUT2D eigenvalue weighted by molar-refractivity contribution is 7.91. The summed E-state index contributed by atoms with van der Waals surface area (Å²) in [5.74, 6) is 0.214. The Bertz CT molecular complexity index is 591. The molecule has 0 spiro atoms. The second kappa shape index (κ2) is 9.53. The summed E-state index contributed by atoms with van der Waals surface area (Å²) in [5.41, 5.74) is 0. The molecule has 0 radical (unpaired) electrons. The molecule has 136 valence electrons. The molecule has 24 heavy (non-hydrogen) atoms. The number of likely N-dealkylation sites (tertiary alicyclic amines) is 1. The number of thiophene rings is 1. The van der Waals surface area contributed by atoms with Crippen molar-refractivity contribution in [3.8, 4) is 0 Å². The third kappa shape index (κ3) is 5.86. The van der Waals surface area contributed by atoms with Gasteiger partial charge >= 0.3 is 0 Å². The van der Waals surface area contributed by atoms with Crippen LogP contribution < -0.4 is 4.72 Å². The molecule has 2 heterocycles. The van der Waals surface area contributed by atoms with Crippen LogP contribution in [0.4, 0.5) is 0 Å². The van der Waals surface area contributed by atoms with Gasteiger partial charge in [-0.15, -0.1) is 11.3 Å². The molecular formula is C17H28N2O3S2. The molecule has 0 atom stereocenters. The normalized spacial score (nSPS) is 16.5. The Hall–Kier alpha value is -0.920. The van der Waals surface area contributed by atoms with Crippen LogP contribution in [0.25, 0.3) is 0 Å². The molecule has 0 bridgehead atoms. The highest BCUT2D eigenvalue weighted by atomic mass is 32.2. The van der Waals surface area contributed by atoms with Crippen molar-refractivity contribution in [3.63, 3.8) is 0 Å². The standard InChI is InChI=1S/C17H28N2O3S2/c1-2-3-4-5-6-8-16(20)19-12-10-15(11-13-19)18-24(21,22)17-9-7-14-23-17/h7,9,14-15,18H,2-6,8,10-13H2,1H3. The minimum Gasteiger partial charge on any atom is -0.343 e. The van der Waals surface area contributed by atoms with Crippen molar-refractivity contribution >= 4 is 27.3 Å². The van der Waals surface area contributed by atoms with E-state index < -0.39 is 10.0 Å². The Kier molecular flexibility index (Phi) is 7.71. The summed E-state index contributed by atoms with van der Waals surface area (Å²) in [6.45, 7) is 3.47. The summed E-state index contributed by atoms with van der Waals surface area (Å²) in [4.78, 5) is 14.1. The van der Waals surface area contributed by atoms with Crippen LogP contribution >= 0.6 is 11.3 Å². The van der Waals surface area contributed by atoms with Gasteiger partial charge in [-0.1, -0.05) is 38.7 Å². The maximum absolute atomic E-state index is 12.2. The van der Waals surface area contributed by atoms with Gasteiger partial charge in [-0.25, -0.2) is 13.1 Å². The molecule has 1 aromatic rings. The molecule has 0 unspecified atom stereocenters. The van der Waals surface area contributed by atoms with E-state index in [1.165, 1.54) is 30.6 Å². The molecule has 7 heteroatoms. The molecule has 5 nitrogen and oxygen atoms in total. The van der Waals surface area contributed by atoms with E-state index in [4.69, 9.17) is 0 Å². The number of amides is 1. The van der Waals surface area contributed by atoms with Crippen molar-refractivity contribution in [2.75, 3.05) is 13.1 Å². The number of unbranched alkanes of at least 4 members (excludes halogenated alkanes) is 4. The fraction of sp³-hybridized carbons (Fsp3) is 0.706. The van der Waals surface area contributed by atoms with Crippen molar-refractivity contribution in [1.82, 2.24) is 9.62 Å².